The highest BCUT2D eigenvalue weighted by molar-refractivity contribution is 5.75. The molecular formula is C26H23FN8O2. The van der Waals surface area contributed by atoms with Crippen LogP contribution in [0.25, 0.3) is 0 Å². The predicted octanol–water partition coefficient (Wildman–Crippen LogP) is 6.01. The van der Waals surface area contributed by atoms with Gasteiger partial charge < -0.3 is 15.1 Å². The number of nitrogens with zero attached hydrogens (tertiary/aromatic N) is 7. The molecule has 0 aliphatic carbocycles. The van der Waals surface area contributed by atoms with Gasteiger partial charge in [0.15, 0.2) is 0 Å². The second-order valence-corrected chi connectivity index (χ2v) is 8.28. The molecule has 1 aromatic heterocycles. The van der Waals surface area contributed by atoms with E-state index in [1.807, 2.05) is 40.1 Å². The number of piperazine rings is 1. The molecule has 186 valence electrons. The number of azo groups is 1. The molecule has 0 saturated carbocycles. The van der Waals surface area contributed by atoms with Gasteiger partial charge in [0.05, 0.1) is 22.0 Å². The van der Waals surface area contributed by atoms with Gasteiger partial charge in [-0.1, -0.05) is 30.3 Å². The zero-order valence-corrected chi connectivity index (χ0v) is 19.7. The monoisotopic (exact) mass is 498 g/mol. The molecule has 11 heteroatoms. The van der Waals surface area contributed by atoms with Crippen molar-refractivity contribution in [2.24, 2.45) is 10.2 Å². The van der Waals surface area contributed by atoms with E-state index in [9.17, 15) is 14.5 Å². The SMILES string of the molecule is O=[N+]([O-])c1c(Nc2ccc(N=Nc3ccccc3)cc2)ncnc1N1CCN(c2ccccc2F)CC1. The van der Waals surface area contributed by atoms with E-state index in [0.717, 1.165) is 5.69 Å². The van der Waals surface area contributed by atoms with Gasteiger partial charge in [-0.25, -0.2) is 14.4 Å². The van der Waals surface area contributed by atoms with Crippen LogP contribution < -0.4 is 15.1 Å². The second-order valence-electron chi connectivity index (χ2n) is 8.28. The molecule has 3 aromatic carbocycles. The number of nitrogens with one attached hydrogen (secondary N) is 1. The molecule has 10 nitrogen and oxygen atoms in total. The number of benzene rings is 3. The number of rotatable bonds is 7. The van der Waals surface area contributed by atoms with Crippen LogP contribution in [0.15, 0.2) is 95.4 Å². The van der Waals surface area contributed by atoms with Crippen LogP contribution in [0.1, 0.15) is 0 Å². The van der Waals surface area contributed by atoms with E-state index in [1.165, 1.54) is 12.4 Å². The van der Waals surface area contributed by atoms with Crippen molar-refractivity contribution in [3.8, 4) is 0 Å². The van der Waals surface area contributed by atoms with Gasteiger partial charge in [0, 0.05) is 31.9 Å². The Kier molecular flexibility index (Phi) is 6.93. The summed E-state index contributed by atoms with van der Waals surface area (Å²) >= 11 is 0. The molecule has 1 aliphatic rings. The number of para-hydroxylation sites is 1. The first kappa shape index (κ1) is 23.8. The van der Waals surface area contributed by atoms with E-state index in [0.29, 0.717) is 43.2 Å². The zero-order valence-electron chi connectivity index (χ0n) is 19.7. The first-order valence-electron chi connectivity index (χ1n) is 11.7. The van der Waals surface area contributed by atoms with Crippen molar-refractivity contribution in [2.75, 3.05) is 41.3 Å². The summed E-state index contributed by atoms with van der Waals surface area (Å²) in [6, 6.07) is 23.0. The summed E-state index contributed by atoms with van der Waals surface area (Å²) in [5.74, 6) is 0.0252. The average molecular weight is 499 g/mol. The summed E-state index contributed by atoms with van der Waals surface area (Å²) < 4.78 is 14.2. The number of aromatic nitrogens is 2. The maximum atomic E-state index is 14.2. The highest BCUT2D eigenvalue weighted by atomic mass is 19.1. The minimum absolute atomic E-state index is 0.0881. The topological polar surface area (TPSA) is 112 Å². The van der Waals surface area contributed by atoms with Crippen LogP contribution in [0.2, 0.25) is 0 Å². The second kappa shape index (κ2) is 10.8. The maximum Gasteiger partial charge on any atom is 0.353 e. The number of hydrogen-bond acceptors (Lipinski definition) is 9. The Morgan fingerprint density at radius 3 is 2.11 bits per heavy atom. The number of nitro groups is 1. The normalized spacial score (nSPS) is 13.6. The van der Waals surface area contributed by atoms with Crippen molar-refractivity contribution in [2.45, 2.75) is 0 Å². The molecule has 1 aliphatic heterocycles. The third-order valence-electron chi connectivity index (χ3n) is 5.93. The molecule has 0 atom stereocenters. The molecule has 1 saturated heterocycles. The summed E-state index contributed by atoms with van der Waals surface area (Å²) in [4.78, 5) is 23.7. The minimum Gasteiger partial charge on any atom is -0.366 e. The molecule has 0 spiro atoms. The first-order valence-corrected chi connectivity index (χ1v) is 11.7. The van der Waals surface area contributed by atoms with Crippen molar-refractivity contribution in [3.63, 3.8) is 0 Å². The molecule has 0 radical (unpaired) electrons. The smallest absolute Gasteiger partial charge is 0.353 e. The summed E-state index contributed by atoms with van der Waals surface area (Å²) in [6.45, 7) is 1.91. The maximum absolute atomic E-state index is 14.2. The van der Waals surface area contributed by atoms with Gasteiger partial charge >= 0.3 is 5.69 Å². The average Bonchev–Trinajstić information content (AvgIpc) is 2.93. The van der Waals surface area contributed by atoms with Gasteiger partial charge in [-0.05, 0) is 48.5 Å². The summed E-state index contributed by atoms with van der Waals surface area (Å²) in [6.07, 6.45) is 1.30. The zero-order chi connectivity index (χ0) is 25.6. The minimum atomic E-state index is -0.483. The van der Waals surface area contributed by atoms with E-state index >= 15 is 0 Å². The Hall–Kier alpha value is -4.93. The lowest BCUT2D eigenvalue weighted by atomic mass is 10.2. The standard InChI is InChI=1S/C26H23FN8O2/c27-22-8-4-5-9-23(22)33-14-16-34(17-15-33)26-24(35(36)37)25(28-18-29-26)30-19-10-12-21(13-11-19)32-31-20-6-2-1-3-7-20/h1-13,18H,14-17H2,(H,28,29,30). The van der Waals surface area contributed by atoms with E-state index in [4.69, 9.17) is 0 Å². The molecule has 37 heavy (non-hydrogen) atoms. The molecular weight excluding hydrogens is 475 g/mol. The fourth-order valence-electron chi connectivity index (χ4n) is 4.09. The van der Waals surface area contributed by atoms with Crippen molar-refractivity contribution >= 4 is 40.1 Å². The Labute approximate surface area is 212 Å². The molecule has 0 amide bonds. The van der Waals surface area contributed by atoms with Crippen LogP contribution in [0.4, 0.5) is 44.5 Å². The molecule has 1 N–H and O–H groups in total. The molecule has 5 rings (SSSR count). The molecule has 2 heterocycles. The van der Waals surface area contributed by atoms with Crippen LogP contribution >= 0.6 is 0 Å². The Morgan fingerprint density at radius 1 is 0.811 bits per heavy atom. The van der Waals surface area contributed by atoms with Gasteiger partial charge in [-0.2, -0.15) is 10.2 Å². The summed E-state index contributed by atoms with van der Waals surface area (Å²) in [5.41, 5.74) is 2.29. The fraction of sp³-hybridized carbons (Fsp3) is 0.154. The molecule has 0 unspecified atom stereocenters. The van der Waals surface area contributed by atoms with Crippen molar-refractivity contribution < 1.29 is 9.31 Å². The highest BCUT2D eigenvalue weighted by Crippen LogP contribution is 2.35. The summed E-state index contributed by atoms with van der Waals surface area (Å²) in [7, 11) is 0. The molecule has 4 aromatic rings. The van der Waals surface area contributed by atoms with E-state index < -0.39 is 4.92 Å². The van der Waals surface area contributed by atoms with Crippen molar-refractivity contribution in [1.82, 2.24) is 9.97 Å². The summed E-state index contributed by atoms with van der Waals surface area (Å²) in [5, 5.41) is 23.5. The van der Waals surface area contributed by atoms with Gasteiger partial charge in [0.1, 0.15) is 12.1 Å². The number of hydrogen-bond donors (Lipinski definition) is 1. The Morgan fingerprint density at radius 2 is 1.43 bits per heavy atom. The van der Waals surface area contributed by atoms with Crippen molar-refractivity contribution in [3.05, 3.63) is 101 Å². The lowest BCUT2D eigenvalue weighted by molar-refractivity contribution is -0.383. The lowest BCUT2D eigenvalue weighted by Crippen LogP contribution is -2.47. The third kappa shape index (κ3) is 5.50. The van der Waals surface area contributed by atoms with Crippen molar-refractivity contribution in [1.29, 1.82) is 0 Å². The van der Waals surface area contributed by atoms with Gasteiger partial charge in [-0.3, -0.25) is 10.1 Å². The van der Waals surface area contributed by atoms with E-state index in [2.05, 4.69) is 25.5 Å². The largest absolute Gasteiger partial charge is 0.366 e. The first-order chi connectivity index (χ1) is 18.1. The van der Waals surface area contributed by atoms with E-state index in [1.54, 1.807) is 42.5 Å². The van der Waals surface area contributed by atoms with Crippen LogP contribution in [-0.2, 0) is 0 Å². The van der Waals surface area contributed by atoms with Crippen LogP contribution in [0.5, 0.6) is 0 Å². The van der Waals surface area contributed by atoms with Gasteiger partial charge in [0.25, 0.3) is 0 Å². The molecule has 1 fully saturated rings. The molecule has 0 bridgehead atoms. The Balaban J connectivity index is 1.31. The van der Waals surface area contributed by atoms with E-state index in [-0.39, 0.29) is 23.1 Å². The lowest BCUT2D eigenvalue weighted by Gasteiger charge is -2.36. The van der Waals surface area contributed by atoms with Crippen LogP contribution in [0, 0.1) is 15.9 Å². The quantitative estimate of drug-likeness (QED) is 0.189. The number of halogens is 1. The van der Waals surface area contributed by atoms with Gasteiger partial charge in [-0.15, -0.1) is 0 Å². The Bertz CT molecular complexity index is 1410. The predicted molar refractivity (Wildman–Crippen MR) is 140 cm³/mol. The van der Waals surface area contributed by atoms with Crippen LogP contribution in [-0.4, -0.2) is 41.1 Å². The number of anilines is 4. The van der Waals surface area contributed by atoms with Crippen LogP contribution in [0.3, 0.4) is 0 Å². The van der Waals surface area contributed by atoms with Gasteiger partial charge in [0.2, 0.25) is 11.6 Å². The third-order valence-corrected chi connectivity index (χ3v) is 5.93. The highest BCUT2D eigenvalue weighted by Gasteiger charge is 2.30. The fourth-order valence-corrected chi connectivity index (χ4v) is 4.09.